The second-order valence-electron chi connectivity index (χ2n) is 13.5. The molecule has 2 heterocycles. The summed E-state index contributed by atoms with van der Waals surface area (Å²) in [4.78, 5) is -0.178. The molecule has 1 fully saturated rings. The van der Waals surface area contributed by atoms with Crippen LogP contribution in [0.2, 0.25) is 0 Å². The summed E-state index contributed by atoms with van der Waals surface area (Å²) >= 11 is 1.76. The van der Waals surface area contributed by atoms with E-state index in [4.69, 9.17) is 14.2 Å². The van der Waals surface area contributed by atoms with Gasteiger partial charge in [0.15, 0.2) is 12.5 Å². The number of ether oxygens (including phenoxy) is 3. The van der Waals surface area contributed by atoms with Crippen molar-refractivity contribution in [2.45, 2.75) is 179 Å². The summed E-state index contributed by atoms with van der Waals surface area (Å²) in [6.45, 7) is 7.47. The second-order valence-corrected chi connectivity index (χ2v) is 15.6. The molecular weight excluding hydrogens is 643 g/mol. The van der Waals surface area contributed by atoms with Gasteiger partial charge in [0.05, 0.1) is 23.5 Å². The van der Waals surface area contributed by atoms with Crippen molar-refractivity contribution < 1.29 is 31.7 Å². The van der Waals surface area contributed by atoms with Crippen molar-refractivity contribution >= 4 is 21.5 Å². The van der Waals surface area contributed by atoms with Crippen LogP contribution in [0.3, 0.4) is 0 Å². The average molecular weight is 710 g/mol. The molecule has 1 aromatic heterocycles. The first kappa shape index (κ1) is 42.8. The normalized spacial score (nSPS) is 16.2. The highest BCUT2D eigenvalue weighted by Gasteiger charge is 2.25. The summed E-state index contributed by atoms with van der Waals surface area (Å²) in [5, 5.41) is 2.13. The number of unbranched alkanes of at least 4 members (excludes halogenated alkanes) is 19. The van der Waals surface area contributed by atoms with Crippen molar-refractivity contribution in [3.8, 4) is 0 Å². The molecule has 0 N–H and O–H groups in total. The molecule has 2 atom stereocenters. The summed E-state index contributed by atoms with van der Waals surface area (Å²) in [5.41, 5.74) is 3.11. The van der Waals surface area contributed by atoms with Gasteiger partial charge in [-0.25, -0.2) is 8.42 Å². The molecule has 276 valence electrons. The molecule has 0 aliphatic carbocycles. The highest BCUT2D eigenvalue weighted by molar-refractivity contribution is 7.85. The second kappa shape index (κ2) is 28.3. The van der Waals surface area contributed by atoms with Crippen molar-refractivity contribution in [2.24, 2.45) is 0 Å². The molecule has 1 aromatic carbocycles. The Hall–Kier alpha value is -1.36. The van der Waals surface area contributed by atoms with Crippen LogP contribution < -0.4 is 4.57 Å². The maximum atomic E-state index is 10.4. The molecule has 0 bridgehead atoms. The minimum atomic E-state index is -4.27. The summed E-state index contributed by atoms with van der Waals surface area (Å²) < 4.78 is 51.2. The Balaban J connectivity index is 0.000000613. The van der Waals surface area contributed by atoms with E-state index in [1.165, 1.54) is 141 Å². The fourth-order valence-corrected chi connectivity index (χ4v) is 7.04. The van der Waals surface area contributed by atoms with E-state index in [9.17, 15) is 13.0 Å². The summed E-state index contributed by atoms with van der Waals surface area (Å²) in [7, 11) is -4.27. The van der Waals surface area contributed by atoms with Gasteiger partial charge in [0.2, 0.25) is 5.51 Å². The van der Waals surface area contributed by atoms with Gasteiger partial charge in [-0.05, 0) is 44.7 Å². The Kier molecular flexibility index (Phi) is 25.3. The van der Waals surface area contributed by atoms with E-state index in [1.807, 2.05) is 6.92 Å². The molecule has 1 aliphatic heterocycles. The first-order valence-electron chi connectivity index (χ1n) is 19.2. The van der Waals surface area contributed by atoms with E-state index < -0.39 is 10.1 Å². The zero-order valence-corrected chi connectivity index (χ0v) is 31.9. The summed E-state index contributed by atoms with van der Waals surface area (Å²) in [6.07, 6.45) is 32.3. The Labute approximate surface area is 297 Å². The number of aromatic nitrogens is 1. The van der Waals surface area contributed by atoms with Crippen LogP contribution in [0.15, 0.2) is 46.2 Å². The summed E-state index contributed by atoms with van der Waals surface area (Å²) in [6, 6.07) is 5.78. The number of rotatable bonds is 28. The van der Waals surface area contributed by atoms with Crippen LogP contribution in [0.4, 0.5) is 0 Å². The molecule has 0 saturated carbocycles. The predicted octanol–water partition coefficient (Wildman–Crippen LogP) is 10.3. The van der Waals surface area contributed by atoms with Gasteiger partial charge >= 0.3 is 0 Å². The zero-order valence-electron chi connectivity index (χ0n) is 30.3. The lowest BCUT2D eigenvalue weighted by molar-refractivity contribution is -0.692. The molecular formula is C39H67NO6S2. The smallest absolute Gasteiger partial charge is 0.224 e. The Bertz CT molecular complexity index is 1090. The van der Waals surface area contributed by atoms with Gasteiger partial charge in [-0.2, -0.15) is 4.57 Å². The lowest BCUT2D eigenvalue weighted by Gasteiger charge is -2.12. The van der Waals surface area contributed by atoms with Crippen LogP contribution in [-0.2, 0) is 30.9 Å². The lowest BCUT2D eigenvalue weighted by atomic mass is 10.0. The molecule has 9 heteroatoms. The van der Waals surface area contributed by atoms with Gasteiger partial charge < -0.3 is 18.8 Å². The van der Waals surface area contributed by atoms with Gasteiger partial charge in [-0.3, -0.25) is 0 Å². The Morgan fingerprint density at radius 2 is 1.33 bits per heavy atom. The molecule has 0 spiro atoms. The van der Waals surface area contributed by atoms with E-state index in [0.717, 1.165) is 31.6 Å². The first-order chi connectivity index (χ1) is 23.4. The molecule has 0 unspecified atom stereocenters. The maximum Gasteiger partial charge on any atom is 0.224 e. The average Bonchev–Trinajstić information content (AvgIpc) is 3.76. The van der Waals surface area contributed by atoms with Crippen molar-refractivity contribution in [1.82, 2.24) is 0 Å². The summed E-state index contributed by atoms with van der Waals surface area (Å²) in [5.74, 6) is 0. The van der Waals surface area contributed by atoms with Crippen LogP contribution in [-0.4, -0.2) is 45.2 Å². The minimum absolute atomic E-state index is 0.000421. The fraction of sp³-hybridized carbons (Fsp3) is 0.769. The number of benzene rings is 1. The molecule has 7 nitrogen and oxygen atoms in total. The third kappa shape index (κ3) is 23.1. The van der Waals surface area contributed by atoms with Crippen molar-refractivity contribution in [3.05, 3.63) is 46.9 Å². The number of nitrogens with zero attached hydrogens (tertiary/aromatic N) is 1. The molecule has 0 amide bonds. The van der Waals surface area contributed by atoms with Gasteiger partial charge in [-0.15, -0.1) is 0 Å². The van der Waals surface area contributed by atoms with Gasteiger partial charge in [0, 0.05) is 13.0 Å². The zero-order chi connectivity index (χ0) is 34.5. The SMILES string of the molecule is CCCCCCCCCCCCCCCCCCC[C@@H]1OC[C@@H](COCCCCCC[n+]2ccsc2)O1.Cc1ccc(S(=O)(=O)[O-])cc1. The lowest BCUT2D eigenvalue weighted by Crippen LogP contribution is -2.29. The molecule has 2 aromatic rings. The van der Waals surface area contributed by atoms with Gasteiger partial charge in [0.1, 0.15) is 22.8 Å². The topological polar surface area (TPSA) is 88.8 Å². The van der Waals surface area contributed by atoms with Crippen LogP contribution in [0.25, 0.3) is 0 Å². The Morgan fingerprint density at radius 1 is 0.792 bits per heavy atom. The Morgan fingerprint density at radius 3 is 1.88 bits per heavy atom. The van der Waals surface area contributed by atoms with E-state index in [-0.39, 0.29) is 17.3 Å². The number of hydrogen-bond donors (Lipinski definition) is 0. The van der Waals surface area contributed by atoms with E-state index in [0.29, 0.717) is 13.2 Å². The van der Waals surface area contributed by atoms with Gasteiger partial charge in [-0.1, -0.05) is 145 Å². The van der Waals surface area contributed by atoms with Crippen LogP contribution in [0.5, 0.6) is 0 Å². The maximum absolute atomic E-state index is 10.4. The van der Waals surface area contributed by atoms with Crippen molar-refractivity contribution in [3.63, 3.8) is 0 Å². The van der Waals surface area contributed by atoms with E-state index in [1.54, 1.807) is 23.5 Å². The monoisotopic (exact) mass is 709 g/mol. The molecule has 1 saturated heterocycles. The van der Waals surface area contributed by atoms with Crippen LogP contribution in [0.1, 0.15) is 154 Å². The number of aryl methyl sites for hydroxylation is 2. The molecule has 1 aliphatic rings. The number of hydrogen-bond acceptors (Lipinski definition) is 7. The fourth-order valence-electron chi connectivity index (χ4n) is 5.94. The molecule has 48 heavy (non-hydrogen) atoms. The highest BCUT2D eigenvalue weighted by Crippen LogP contribution is 2.19. The minimum Gasteiger partial charge on any atom is -0.744 e. The van der Waals surface area contributed by atoms with Crippen molar-refractivity contribution in [2.75, 3.05) is 19.8 Å². The first-order valence-corrected chi connectivity index (χ1v) is 21.5. The van der Waals surface area contributed by atoms with Gasteiger partial charge in [0.25, 0.3) is 0 Å². The quantitative estimate of drug-likeness (QED) is 0.0496. The third-order valence-electron chi connectivity index (χ3n) is 8.95. The molecule has 0 radical (unpaired) electrons. The number of thiazole rings is 1. The van der Waals surface area contributed by atoms with Crippen LogP contribution in [0, 0.1) is 6.92 Å². The van der Waals surface area contributed by atoms with E-state index in [2.05, 4.69) is 28.6 Å². The third-order valence-corrected chi connectivity index (χ3v) is 10.5. The predicted molar refractivity (Wildman–Crippen MR) is 196 cm³/mol. The van der Waals surface area contributed by atoms with Crippen LogP contribution >= 0.6 is 11.3 Å². The molecule has 3 rings (SSSR count). The standard InChI is InChI=1S/C32H60NO3S.C7H8O3S/c1-2-3-4-5-6-7-8-9-10-11-12-13-14-15-16-17-20-23-32-35-29-31(36-32)28-34-26-22-19-18-21-24-33-25-27-37-30-33;1-6-2-4-7(5-3-6)11(8,9)10/h25,27,30-32H,2-24,26,28-29H2,1H3;2-5H,1H3,(H,8,9,10)/q+1;/p-1/t31-,32-;/m1./s1. The highest BCUT2D eigenvalue weighted by atomic mass is 32.2. The van der Waals surface area contributed by atoms with E-state index >= 15 is 0 Å². The largest absolute Gasteiger partial charge is 0.744 e. The van der Waals surface area contributed by atoms with Crippen molar-refractivity contribution in [1.29, 1.82) is 0 Å².